The monoisotopic (exact) mass is 371 g/mol. The molecule has 6 nitrogen and oxygen atoms in total. The van der Waals surface area contributed by atoms with Crippen LogP contribution in [-0.4, -0.2) is 31.7 Å². The zero-order valence-corrected chi connectivity index (χ0v) is 16.4. The van der Waals surface area contributed by atoms with E-state index in [4.69, 9.17) is 4.74 Å². The van der Waals surface area contributed by atoms with Crippen molar-refractivity contribution in [3.8, 4) is 0 Å². The number of carbonyl (C=O) groups excluding carboxylic acids is 2. The molecule has 1 saturated heterocycles. The lowest BCUT2D eigenvalue weighted by Crippen LogP contribution is -2.45. The SMILES string of the molecule is CCCOC(=O)C1=C(C)NC(=O)NC1c1ccc(N2CCC(C)CC2)cc1. The van der Waals surface area contributed by atoms with Gasteiger partial charge < -0.3 is 20.3 Å². The number of nitrogens with one attached hydrogen (secondary N) is 2. The van der Waals surface area contributed by atoms with Crippen molar-refractivity contribution in [2.75, 3.05) is 24.6 Å². The highest BCUT2D eigenvalue weighted by Crippen LogP contribution is 2.30. The van der Waals surface area contributed by atoms with Crippen LogP contribution in [0.2, 0.25) is 0 Å². The molecule has 1 atom stereocenters. The van der Waals surface area contributed by atoms with Crippen molar-refractivity contribution in [1.29, 1.82) is 0 Å². The number of ether oxygens (including phenoxy) is 1. The fourth-order valence-electron chi connectivity index (χ4n) is 3.63. The maximum absolute atomic E-state index is 12.5. The number of hydrogen-bond acceptors (Lipinski definition) is 4. The summed E-state index contributed by atoms with van der Waals surface area (Å²) < 4.78 is 5.32. The van der Waals surface area contributed by atoms with Gasteiger partial charge >= 0.3 is 12.0 Å². The quantitative estimate of drug-likeness (QED) is 0.777. The summed E-state index contributed by atoms with van der Waals surface area (Å²) in [6.07, 6.45) is 3.18. The van der Waals surface area contributed by atoms with Crippen molar-refractivity contribution in [2.45, 2.75) is 46.1 Å². The third-order valence-electron chi connectivity index (χ3n) is 5.30. The number of benzene rings is 1. The smallest absolute Gasteiger partial charge is 0.338 e. The minimum atomic E-state index is -0.501. The number of carbonyl (C=O) groups is 2. The molecule has 2 aliphatic rings. The summed E-state index contributed by atoms with van der Waals surface area (Å²) in [4.78, 5) is 26.9. The highest BCUT2D eigenvalue weighted by atomic mass is 16.5. The van der Waals surface area contributed by atoms with Crippen molar-refractivity contribution in [1.82, 2.24) is 10.6 Å². The molecule has 0 spiro atoms. The molecular formula is C21H29N3O3. The van der Waals surface area contributed by atoms with E-state index in [-0.39, 0.29) is 12.0 Å². The predicted molar refractivity (Wildman–Crippen MR) is 105 cm³/mol. The highest BCUT2D eigenvalue weighted by Gasteiger charge is 2.32. The molecule has 0 aromatic heterocycles. The lowest BCUT2D eigenvalue weighted by atomic mass is 9.94. The first kappa shape index (κ1) is 19.3. The molecule has 2 aliphatic heterocycles. The Morgan fingerprint density at radius 1 is 1.22 bits per heavy atom. The number of hydrogen-bond donors (Lipinski definition) is 2. The van der Waals surface area contributed by atoms with Crippen LogP contribution in [0, 0.1) is 5.92 Å². The van der Waals surface area contributed by atoms with E-state index < -0.39 is 6.04 Å². The number of esters is 1. The van der Waals surface area contributed by atoms with Crippen molar-refractivity contribution in [3.63, 3.8) is 0 Å². The molecule has 1 unspecified atom stereocenters. The van der Waals surface area contributed by atoms with Crippen molar-refractivity contribution in [2.24, 2.45) is 5.92 Å². The number of anilines is 1. The molecule has 6 heteroatoms. The normalized spacial score (nSPS) is 20.9. The fraction of sp³-hybridized carbons (Fsp3) is 0.524. The number of amides is 2. The van der Waals surface area contributed by atoms with Gasteiger partial charge in [-0.2, -0.15) is 0 Å². The summed E-state index contributed by atoms with van der Waals surface area (Å²) in [5.74, 6) is 0.399. The van der Waals surface area contributed by atoms with Gasteiger partial charge in [-0.1, -0.05) is 26.0 Å². The Morgan fingerprint density at radius 2 is 1.89 bits per heavy atom. The lowest BCUT2D eigenvalue weighted by Gasteiger charge is -2.33. The molecule has 3 rings (SSSR count). The molecule has 2 N–H and O–H groups in total. The molecule has 1 aromatic rings. The largest absolute Gasteiger partial charge is 0.462 e. The number of allylic oxidation sites excluding steroid dienone is 1. The first-order valence-corrected chi connectivity index (χ1v) is 9.80. The van der Waals surface area contributed by atoms with Crippen LogP contribution < -0.4 is 15.5 Å². The molecule has 2 heterocycles. The van der Waals surface area contributed by atoms with Gasteiger partial charge in [-0.25, -0.2) is 9.59 Å². The van der Waals surface area contributed by atoms with Crippen molar-refractivity contribution >= 4 is 17.7 Å². The summed E-state index contributed by atoms with van der Waals surface area (Å²) in [5, 5.41) is 5.53. The van der Waals surface area contributed by atoms with Gasteiger partial charge in [0.25, 0.3) is 0 Å². The van der Waals surface area contributed by atoms with Crippen LogP contribution in [0.15, 0.2) is 35.5 Å². The first-order valence-electron chi connectivity index (χ1n) is 9.80. The van der Waals surface area contributed by atoms with Crippen LogP contribution in [0.1, 0.15) is 51.6 Å². The van der Waals surface area contributed by atoms with Crippen LogP contribution >= 0.6 is 0 Å². The lowest BCUT2D eigenvalue weighted by molar-refractivity contribution is -0.139. The fourth-order valence-corrected chi connectivity index (χ4v) is 3.63. The third-order valence-corrected chi connectivity index (χ3v) is 5.30. The summed E-state index contributed by atoms with van der Waals surface area (Å²) in [7, 11) is 0. The van der Waals surface area contributed by atoms with Gasteiger partial charge in [-0.3, -0.25) is 0 Å². The van der Waals surface area contributed by atoms with Gasteiger partial charge in [0.2, 0.25) is 0 Å². The van der Waals surface area contributed by atoms with E-state index in [0.29, 0.717) is 17.9 Å². The Morgan fingerprint density at radius 3 is 2.52 bits per heavy atom. The van der Waals surface area contributed by atoms with E-state index in [2.05, 4.69) is 34.6 Å². The molecular weight excluding hydrogens is 342 g/mol. The molecule has 0 radical (unpaired) electrons. The molecule has 1 aromatic carbocycles. The average Bonchev–Trinajstić information content (AvgIpc) is 2.66. The van der Waals surface area contributed by atoms with Gasteiger partial charge in [-0.05, 0) is 49.8 Å². The number of rotatable bonds is 5. The van der Waals surface area contributed by atoms with Crippen LogP contribution in [0.5, 0.6) is 0 Å². The van der Waals surface area contributed by atoms with E-state index in [1.165, 1.54) is 18.5 Å². The Kier molecular flexibility index (Phi) is 6.04. The van der Waals surface area contributed by atoms with E-state index >= 15 is 0 Å². The van der Waals surface area contributed by atoms with Crippen molar-refractivity contribution in [3.05, 3.63) is 41.1 Å². The first-order chi connectivity index (χ1) is 13.0. The van der Waals surface area contributed by atoms with Gasteiger partial charge in [-0.15, -0.1) is 0 Å². The molecule has 0 aliphatic carbocycles. The minimum absolute atomic E-state index is 0.307. The zero-order chi connectivity index (χ0) is 19.4. The summed E-state index contributed by atoms with van der Waals surface area (Å²) in [6.45, 7) is 8.48. The van der Waals surface area contributed by atoms with E-state index in [0.717, 1.165) is 31.0 Å². The van der Waals surface area contributed by atoms with E-state index in [9.17, 15) is 9.59 Å². The van der Waals surface area contributed by atoms with Crippen LogP contribution in [0.25, 0.3) is 0 Å². The molecule has 0 bridgehead atoms. The topological polar surface area (TPSA) is 70.7 Å². The highest BCUT2D eigenvalue weighted by molar-refractivity contribution is 5.95. The molecule has 1 fully saturated rings. The minimum Gasteiger partial charge on any atom is -0.462 e. The zero-order valence-electron chi connectivity index (χ0n) is 16.4. The third kappa shape index (κ3) is 4.43. The van der Waals surface area contributed by atoms with Gasteiger partial charge in [0.05, 0.1) is 18.2 Å². The van der Waals surface area contributed by atoms with Crippen LogP contribution in [-0.2, 0) is 9.53 Å². The van der Waals surface area contributed by atoms with Gasteiger partial charge in [0, 0.05) is 24.5 Å². The molecule has 0 saturated carbocycles. The molecule has 146 valence electrons. The number of nitrogens with zero attached hydrogens (tertiary/aromatic N) is 1. The van der Waals surface area contributed by atoms with E-state index in [1.807, 2.05) is 19.1 Å². The maximum Gasteiger partial charge on any atom is 0.338 e. The Bertz CT molecular complexity index is 719. The van der Waals surface area contributed by atoms with Crippen LogP contribution in [0.4, 0.5) is 10.5 Å². The Hall–Kier alpha value is -2.50. The predicted octanol–water partition coefficient (Wildman–Crippen LogP) is 3.50. The van der Waals surface area contributed by atoms with Gasteiger partial charge in [0.1, 0.15) is 0 Å². The van der Waals surface area contributed by atoms with Crippen LogP contribution in [0.3, 0.4) is 0 Å². The second-order valence-corrected chi connectivity index (χ2v) is 7.47. The standard InChI is InChI=1S/C21H29N3O3/c1-4-13-27-20(25)18-15(3)22-21(26)23-19(18)16-5-7-17(8-6-16)24-11-9-14(2)10-12-24/h5-8,14,19H,4,9-13H2,1-3H3,(H2,22,23,26). The summed E-state index contributed by atoms with van der Waals surface area (Å²) in [6, 6.07) is 7.32. The molecule has 2 amide bonds. The molecule has 27 heavy (non-hydrogen) atoms. The average molecular weight is 371 g/mol. The van der Waals surface area contributed by atoms with Gasteiger partial charge in [0.15, 0.2) is 0 Å². The van der Waals surface area contributed by atoms with E-state index in [1.54, 1.807) is 6.92 Å². The Balaban J connectivity index is 1.81. The maximum atomic E-state index is 12.5. The second-order valence-electron chi connectivity index (χ2n) is 7.47. The number of piperidine rings is 1. The summed E-state index contributed by atoms with van der Waals surface area (Å²) in [5.41, 5.74) is 3.06. The Labute approximate surface area is 161 Å². The second kappa shape index (κ2) is 8.46. The number of urea groups is 1. The summed E-state index contributed by atoms with van der Waals surface area (Å²) >= 11 is 0. The van der Waals surface area contributed by atoms with Crippen molar-refractivity contribution < 1.29 is 14.3 Å².